The molecule has 8 aromatic rings. The SMILES string of the molecule is CC(C)Nc1nc(N2CCCC2)nc(N2CC3CC(C2)c2cccc(=O)n2C3)n1.CC1CCN(c2nc(N3CCC(C)CC3)nc(N3CC4CC(C3)c3cccc(=O)n3C4)n2)CC1.CCCNc1nc(N2CCOCC2)nc(N2CC3CC(C2)c2cccc(=O)n2C3)n1.COc1nc(NCCC2=CCCCC2)nc(N2CC3CC(C2)c2cccc(=O)n2C3)n1. The van der Waals surface area contributed by atoms with Crippen molar-refractivity contribution in [2.45, 2.75) is 193 Å². The van der Waals surface area contributed by atoms with E-state index in [9.17, 15) is 19.2 Å². The Bertz CT molecular complexity index is 5280. The molecule has 20 heterocycles. The molecule has 8 atom stereocenters. The summed E-state index contributed by atoms with van der Waals surface area (Å²) in [5.41, 5.74) is 6.54. The van der Waals surface area contributed by atoms with Crippen molar-refractivity contribution in [3.8, 4) is 6.01 Å². The first-order valence-corrected chi connectivity index (χ1v) is 46.4. The van der Waals surface area contributed by atoms with Crippen molar-refractivity contribution in [1.82, 2.24) is 78.1 Å². The smallest absolute Gasteiger partial charge is 0.322 e. The molecular formula is C91H125N27O6. The topological polar surface area (TPSA) is 323 Å². The number of fused-ring (bicyclic) bond motifs is 16. The lowest BCUT2D eigenvalue weighted by atomic mass is 9.83. The summed E-state index contributed by atoms with van der Waals surface area (Å²) in [5, 5.41) is 10.1. The minimum Gasteiger partial charge on any atom is -0.467 e. The van der Waals surface area contributed by atoms with E-state index in [-0.39, 0.29) is 28.3 Å². The van der Waals surface area contributed by atoms with Gasteiger partial charge in [-0.15, -0.1) is 0 Å². The number of nitrogens with zero attached hydrogens (tertiary/aromatic N) is 24. The molecule has 13 aliphatic rings. The monoisotopic (exact) mass is 1690 g/mol. The van der Waals surface area contributed by atoms with E-state index in [0.717, 1.165) is 253 Å². The molecule has 0 spiro atoms. The highest BCUT2D eigenvalue weighted by atomic mass is 16.5. The highest BCUT2D eigenvalue weighted by Gasteiger charge is 2.42. The van der Waals surface area contributed by atoms with Crippen LogP contribution in [-0.2, 0) is 30.9 Å². The summed E-state index contributed by atoms with van der Waals surface area (Å²) in [6.07, 6.45) is 21.0. The van der Waals surface area contributed by atoms with Gasteiger partial charge in [-0.05, 0) is 176 Å². The van der Waals surface area contributed by atoms with E-state index < -0.39 is 0 Å². The summed E-state index contributed by atoms with van der Waals surface area (Å²) >= 11 is 0. The Morgan fingerprint density at radius 1 is 0.395 bits per heavy atom. The fourth-order valence-electron chi connectivity index (χ4n) is 21.1. The van der Waals surface area contributed by atoms with Crippen LogP contribution in [0.1, 0.15) is 184 Å². The minimum atomic E-state index is 0.0991. The molecule has 8 aromatic heterocycles. The Morgan fingerprint density at radius 3 is 1.14 bits per heavy atom. The first-order valence-electron chi connectivity index (χ1n) is 46.4. The van der Waals surface area contributed by atoms with E-state index in [2.05, 4.69) is 135 Å². The summed E-state index contributed by atoms with van der Waals surface area (Å²) in [7, 11) is 1.59. The van der Waals surface area contributed by atoms with E-state index in [0.29, 0.717) is 96.3 Å². The number of morpholine rings is 1. The maximum atomic E-state index is 12.4. The number of piperidine rings is 6. The van der Waals surface area contributed by atoms with Gasteiger partial charge in [0.25, 0.3) is 22.2 Å². The van der Waals surface area contributed by atoms with E-state index in [1.165, 1.54) is 69.8 Å². The summed E-state index contributed by atoms with van der Waals surface area (Å²) < 4.78 is 18.7. The van der Waals surface area contributed by atoms with Crippen LogP contribution in [0.2, 0.25) is 0 Å². The van der Waals surface area contributed by atoms with Crippen molar-refractivity contribution in [3.05, 3.63) is 149 Å². The van der Waals surface area contributed by atoms with E-state index >= 15 is 0 Å². The number of rotatable bonds is 18. The Hall–Kier alpha value is -10.9. The van der Waals surface area contributed by atoms with E-state index in [4.69, 9.17) is 54.3 Å². The number of nitrogens with one attached hydrogen (secondary N) is 3. The summed E-state index contributed by atoms with van der Waals surface area (Å²) in [4.78, 5) is 125. The number of anilines is 11. The number of ether oxygens (including phenoxy) is 2. The van der Waals surface area contributed by atoms with Gasteiger partial charge in [-0.3, -0.25) is 19.2 Å². The molecule has 8 fully saturated rings. The first kappa shape index (κ1) is 84.0. The molecular weight excluding hydrogens is 1570 g/mol. The van der Waals surface area contributed by atoms with Gasteiger partial charge in [0.05, 0.1) is 20.3 Å². The lowest BCUT2D eigenvalue weighted by molar-refractivity contribution is 0.122. The van der Waals surface area contributed by atoms with Crippen LogP contribution in [0.3, 0.4) is 0 Å². The van der Waals surface area contributed by atoms with Crippen LogP contribution in [0, 0.1) is 35.5 Å². The number of hydrogen-bond acceptors (Lipinski definition) is 29. The zero-order valence-electron chi connectivity index (χ0n) is 73.3. The van der Waals surface area contributed by atoms with Crippen molar-refractivity contribution >= 4 is 65.4 Å². The molecule has 124 heavy (non-hydrogen) atoms. The predicted octanol–water partition coefficient (Wildman–Crippen LogP) is 9.49. The molecule has 1 aliphatic carbocycles. The number of methoxy groups -OCH3 is 1. The van der Waals surface area contributed by atoms with Crippen molar-refractivity contribution < 1.29 is 9.47 Å². The second kappa shape index (κ2) is 37.9. The zero-order chi connectivity index (χ0) is 84.9. The van der Waals surface area contributed by atoms with Crippen molar-refractivity contribution in [1.29, 1.82) is 0 Å². The van der Waals surface area contributed by atoms with Gasteiger partial charge in [-0.2, -0.15) is 59.8 Å². The highest BCUT2D eigenvalue weighted by molar-refractivity contribution is 5.51. The van der Waals surface area contributed by atoms with Crippen LogP contribution >= 0.6 is 0 Å². The third kappa shape index (κ3) is 19.3. The molecule has 0 radical (unpaired) electrons. The maximum Gasteiger partial charge on any atom is 0.322 e. The molecule has 0 amide bonds. The number of hydrogen-bond donors (Lipinski definition) is 3. The van der Waals surface area contributed by atoms with Crippen LogP contribution < -0.4 is 82.1 Å². The Labute approximate surface area is 726 Å². The predicted molar refractivity (Wildman–Crippen MR) is 484 cm³/mol. The fraction of sp³-hybridized carbons (Fsp3) is 0.626. The molecule has 0 aromatic carbocycles. The molecule has 8 saturated heterocycles. The van der Waals surface area contributed by atoms with Gasteiger partial charge in [0.1, 0.15) is 0 Å². The molecule has 8 bridgehead atoms. The normalized spacial score (nSPS) is 23.8. The van der Waals surface area contributed by atoms with Gasteiger partial charge in [0.15, 0.2) is 0 Å². The van der Waals surface area contributed by atoms with Crippen LogP contribution in [0.5, 0.6) is 6.01 Å². The van der Waals surface area contributed by atoms with Gasteiger partial charge in [-0.25, -0.2) is 0 Å². The highest BCUT2D eigenvalue weighted by Crippen LogP contribution is 2.42. The van der Waals surface area contributed by atoms with Crippen LogP contribution in [0.15, 0.2) is 104 Å². The molecule has 21 rings (SSSR count). The van der Waals surface area contributed by atoms with E-state index in [1.807, 2.05) is 42.5 Å². The van der Waals surface area contributed by atoms with Crippen molar-refractivity contribution in [3.63, 3.8) is 0 Å². The third-order valence-corrected chi connectivity index (χ3v) is 27.5. The largest absolute Gasteiger partial charge is 0.467 e. The van der Waals surface area contributed by atoms with Gasteiger partial charge in [-0.1, -0.05) is 56.7 Å². The number of allylic oxidation sites excluding steroid dienone is 1. The Balaban J connectivity index is 0.000000113. The van der Waals surface area contributed by atoms with Gasteiger partial charge in [0, 0.05) is 221 Å². The van der Waals surface area contributed by atoms with Gasteiger partial charge in [0.2, 0.25) is 65.4 Å². The summed E-state index contributed by atoms with van der Waals surface area (Å²) in [6.45, 7) is 31.5. The molecule has 33 nitrogen and oxygen atoms in total. The summed E-state index contributed by atoms with van der Waals surface area (Å²) in [5.74, 6) is 12.5. The molecule has 12 aliphatic heterocycles. The maximum absolute atomic E-state index is 12.4. The third-order valence-electron chi connectivity index (χ3n) is 27.5. The Morgan fingerprint density at radius 2 is 0.750 bits per heavy atom. The van der Waals surface area contributed by atoms with Crippen LogP contribution in [0.25, 0.3) is 0 Å². The standard InChI is InChI=1S/C26H37N7O.C23H30N6O2.C21H29N7O2.C21H29N7O/c1-18-6-10-30(11-7-18)24-27-25(31-12-8-19(2)9-13-31)29-26(28-24)32-15-20-14-21(17-32)22-4-3-5-23(34)33(22)16-20;1-31-23-26-21(24-11-10-16-6-3-2-4-7-16)25-22(27-23)28-13-17-12-18(15-28)19-8-5-9-20(30)29(19)14-17;1-2-6-22-19-23-20(26-7-9-30-10-8-26)25-21(24-19)27-12-15-11-16(14-27)17-4-3-5-18(29)28(17)13-15;1-14(2)22-19-23-20(26-8-3-4-9-26)25-21(24-19)27-11-15-10-16(13-27)17-6-5-7-18(29)28(17)12-15/h3-5,18-21H,6-17H2,1-2H3;5-6,8-9,17-18H,2-4,7,10-15H2,1H3,(H,24,25,26,27);3-5,15-16H,2,6-14H2,1H3,(H,22,23,24,25);5-7,14-16H,3-4,8-13H2,1-2H3,(H,22,23,24,25). The minimum absolute atomic E-state index is 0.0991. The lowest BCUT2D eigenvalue weighted by Crippen LogP contribution is -2.48. The van der Waals surface area contributed by atoms with Crippen LogP contribution in [0.4, 0.5) is 65.4 Å². The lowest BCUT2D eigenvalue weighted by Gasteiger charge is -2.43. The molecule has 660 valence electrons. The molecule has 33 heteroatoms. The zero-order valence-corrected chi connectivity index (χ0v) is 73.3. The van der Waals surface area contributed by atoms with Crippen molar-refractivity contribution in [2.24, 2.45) is 35.5 Å². The van der Waals surface area contributed by atoms with Gasteiger partial charge >= 0.3 is 6.01 Å². The quantitative estimate of drug-likeness (QED) is 0.0673. The van der Waals surface area contributed by atoms with Crippen molar-refractivity contribution in [2.75, 3.05) is 193 Å². The van der Waals surface area contributed by atoms with Crippen LogP contribution in [-0.4, -0.2) is 222 Å². The molecule has 0 saturated carbocycles. The Kier molecular flexibility index (Phi) is 25.7. The van der Waals surface area contributed by atoms with Gasteiger partial charge < -0.3 is 82.9 Å². The second-order valence-corrected chi connectivity index (χ2v) is 37.3. The first-order chi connectivity index (χ1) is 60.5. The fourth-order valence-corrected chi connectivity index (χ4v) is 21.1. The average molecular weight is 1690 g/mol. The average Bonchev–Trinajstić information content (AvgIpc) is 0.851. The molecule has 3 N–H and O–H groups in total. The summed E-state index contributed by atoms with van der Waals surface area (Å²) in [6, 6.07) is 23.2. The number of pyridine rings is 4. The molecule has 8 unspecified atom stereocenters. The van der Waals surface area contributed by atoms with E-state index in [1.54, 1.807) is 31.4 Å². The second-order valence-electron chi connectivity index (χ2n) is 37.3. The number of aromatic nitrogens is 16.